The van der Waals surface area contributed by atoms with Crippen molar-refractivity contribution in [1.82, 2.24) is 10.2 Å². The van der Waals surface area contributed by atoms with Crippen molar-refractivity contribution >= 4 is 0 Å². The van der Waals surface area contributed by atoms with Gasteiger partial charge in [0.1, 0.15) is 11.6 Å². The molecule has 1 unspecified atom stereocenters. The summed E-state index contributed by atoms with van der Waals surface area (Å²) in [6.45, 7) is 7.51. The first-order valence-corrected chi connectivity index (χ1v) is 7.38. The molecule has 0 bridgehead atoms. The Hall–Kier alpha value is -1.04. The van der Waals surface area contributed by atoms with Crippen LogP contribution in [0, 0.1) is 11.6 Å². The highest BCUT2D eigenvalue weighted by atomic mass is 19.1. The van der Waals surface area contributed by atoms with Gasteiger partial charge in [0, 0.05) is 30.7 Å². The highest BCUT2D eigenvalue weighted by Gasteiger charge is 2.30. The summed E-state index contributed by atoms with van der Waals surface area (Å²) >= 11 is 0. The largest absolute Gasteiger partial charge is 0.378 e. The normalized spacial score (nSPS) is 20.4. The van der Waals surface area contributed by atoms with Gasteiger partial charge in [-0.2, -0.15) is 0 Å². The SMILES string of the molecule is CNC(CCN1CCOCC1(C)C)c1cc(F)cc(F)c1. The number of hydrogen-bond acceptors (Lipinski definition) is 3. The average molecular weight is 298 g/mol. The fraction of sp³-hybridized carbons (Fsp3) is 0.625. The highest BCUT2D eigenvalue weighted by molar-refractivity contribution is 5.21. The predicted octanol–water partition coefficient (Wildman–Crippen LogP) is 2.73. The smallest absolute Gasteiger partial charge is 0.126 e. The summed E-state index contributed by atoms with van der Waals surface area (Å²) in [6, 6.07) is 3.64. The molecule has 0 spiro atoms. The van der Waals surface area contributed by atoms with E-state index in [1.54, 1.807) is 0 Å². The van der Waals surface area contributed by atoms with Crippen molar-refractivity contribution in [3.8, 4) is 0 Å². The minimum absolute atomic E-state index is 0.00370. The van der Waals surface area contributed by atoms with Gasteiger partial charge < -0.3 is 10.1 Å². The summed E-state index contributed by atoms with van der Waals surface area (Å²) in [5, 5.41) is 3.15. The second-order valence-electron chi connectivity index (χ2n) is 6.18. The van der Waals surface area contributed by atoms with Gasteiger partial charge in [0.2, 0.25) is 0 Å². The summed E-state index contributed by atoms with van der Waals surface area (Å²) in [6.07, 6.45) is 0.794. The van der Waals surface area contributed by atoms with Crippen molar-refractivity contribution < 1.29 is 13.5 Å². The number of rotatable bonds is 5. The molecule has 2 rings (SSSR count). The van der Waals surface area contributed by atoms with Gasteiger partial charge in [-0.15, -0.1) is 0 Å². The number of nitrogens with zero attached hydrogens (tertiary/aromatic N) is 1. The van der Waals surface area contributed by atoms with E-state index in [0.29, 0.717) is 12.2 Å². The molecule has 118 valence electrons. The molecule has 1 aliphatic heterocycles. The highest BCUT2D eigenvalue weighted by Crippen LogP contribution is 2.23. The van der Waals surface area contributed by atoms with Crippen LogP contribution in [0.3, 0.4) is 0 Å². The van der Waals surface area contributed by atoms with Gasteiger partial charge >= 0.3 is 0 Å². The molecule has 0 radical (unpaired) electrons. The van der Waals surface area contributed by atoms with E-state index in [1.165, 1.54) is 12.1 Å². The van der Waals surface area contributed by atoms with Crippen molar-refractivity contribution in [2.24, 2.45) is 0 Å². The lowest BCUT2D eigenvalue weighted by molar-refractivity contribution is -0.0520. The summed E-state index contributed by atoms with van der Waals surface area (Å²) < 4.78 is 32.2. The van der Waals surface area contributed by atoms with Crippen LogP contribution >= 0.6 is 0 Å². The Balaban J connectivity index is 2.02. The molecule has 1 aliphatic rings. The van der Waals surface area contributed by atoms with Crippen LogP contribution in [0.5, 0.6) is 0 Å². The monoisotopic (exact) mass is 298 g/mol. The van der Waals surface area contributed by atoms with E-state index in [2.05, 4.69) is 24.1 Å². The molecule has 1 atom stereocenters. The molecule has 3 nitrogen and oxygen atoms in total. The molecule has 21 heavy (non-hydrogen) atoms. The zero-order valence-corrected chi connectivity index (χ0v) is 13.0. The van der Waals surface area contributed by atoms with Gasteiger partial charge in [0.15, 0.2) is 0 Å². The Morgan fingerprint density at radius 2 is 1.95 bits per heavy atom. The Morgan fingerprint density at radius 1 is 1.29 bits per heavy atom. The molecular weight excluding hydrogens is 274 g/mol. The van der Waals surface area contributed by atoms with E-state index in [1.807, 2.05) is 7.05 Å². The van der Waals surface area contributed by atoms with E-state index < -0.39 is 11.6 Å². The first-order chi connectivity index (χ1) is 9.92. The van der Waals surface area contributed by atoms with Gasteiger partial charge in [-0.05, 0) is 45.0 Å². The lowest BCUT2D eigenvalue weighted by atomic mass is 9.99. The minimum Gasteiger partial charge on any atom is -0.378 e. The maximum absolute atomic E-state index is 13.3. The maximum Gasteiger partial charge on any atom is 0.126 e. The molecule has 0 aliphatic carbocycles. The zero-order chi connectivity index (χ0) is 15.5. The van der Waals surface area contributed by atoms with E-state index in [-0.39, 0.29) is 11.6 Å². The minimum atomic E-state index is -0.531. The lowest BCUT2D eigenvalue weighted by Gasteiger charge is -2.42. The Bertz CT molecular complexity index is 459. The predicted molar refractivity (Wildman–Crippen MR) is 79.2 cm³/mol. The van der Waals surface area contributed by atoms with Gasteiger partial charge in [-0.1, -0.05) is 0 Å². The average Bonchev–Trinajstić information content (AvgIpc) is 2.39. The maximum atomic E-state index is 13.3. The van der Waals surface area contributed by atoms with Crippen LogP contribution in [0.15, 0.2) is 18.2 Å². The van der Waals surface area contributed by atoms with Crippen LogP contribution in [0.25, 0.3) is 0 Å². The third-order valence-corrected chi connectivity index (χ3v) is 4.14. The van der Waals surface area contributed by atoms with Crippen molar-refractivity contribution in [2.75, 3.05) is 33.4 Å². The molecule has 0 saturated carbocycles. The van der Waals surface area contributed by atoms with Crippen molar-refractivity contribution in [2.45, 2.75) is 31.8 Å². The molecule has 1 saturated heterocycles. The van der Waals surface area contributed by atoms with Gasteiger partial charge in [0.25, 0.3) is 0 Å². The first kappa shape index (κ1) is 16.3. The van der Waals surface area contributed by atoms with Crippen LogP contribution in [-0.2, 0) is 4.74 Å². The van der Waals surface area contributed by atoms with Crippen LogP contribution in [0.2, 0.25) is 0 Å². The summed E-state index contributed by atoms with van der Waals surface area (Å²) in [5.74, 6) is -1.06. The number of benzene rings is 1. The van der Waals surface area contributed by atoms with E-state index >= 15 is 0 Å². The molecule has 0 aromatic heterocycles. The Morgan fingerprint density at radius 3 is 2.52 bits per heavy atom. The first-order valence-electron chi connectivity index (χ1n) is 7.38. The third kappa shape index (κ3) is 4.22. The molecule has 1 fully saturated rings. The number of hydrogen-bond donors (Lipinski definition) is 1. The van der Waals surface area contributed by atoms with Crippen LogP contribution < -0.4 is 5.32 Å². The van der Waals surface area contributed by atoms with Gasteiger partial charge in [0.05, 0.1) is 13.2 Å². The second-order valence-corrected chi connectivity index (χ2v) is 6.18. The Labute approximate surface area is 125 Å². The third-order valence-electron chi connectivity index (χ3n) is 4.14. The van der Waals surface area contributed by atoms with E-state index in [0.717, 1.165) is 32.2 Å². The molecule has 1 N–H and O–H groups in total. The van der Waals surface area contributed by atoms with Crippen molar-refractivity contribution in [3.05, 3.63) is 35.4 Å². The summed E-state index contributed by atoms with van der Waals surface area (Å²) in [5.41, 5.74) is 0.657. The summed E-state index contributed by atoms with van der Waals surface area (Å²) in [4.78, 5) is 2.37. The molecule has 1 aromatic carbocycles. The molecular formula is C16H24F2N2O. The zero-order valence-electron chi connectivity index (χ0n) is 13.0. The standard InChI is InChI=1S/C16H24F2N2O/c1-16(2)11-21-7-6-20(16)5-4-15(19-3)12-8-13(17)10-14(18)9-12/h8-10,15,19H,4-7,11H2,1-3H3. The lowest BCUT2D eigenvalue weighted by Crippen LogP contribution is -2.53. The fourth-order valence-corrected chi connectivity index (χ4v) is 2.84. The molecule has 1 heterocycles. The molecule has 0 amide bonds. The van der Waals surface area contributed by atoms with Gasteiger partial charge in [-0.25, -0.2) is 8.78 Å². The number of halogens is 2. The summed E-state index contributed by atoms with van der Waals surface area (Å²) in [7, 11) is 1.82. The van der Waals surface area contributed by atoms with E-state index in [9.17, 15) is 8.78 Å². The quantitative estimate of drug-likeness (QED) is 0.904. The topological polar surface area (TPSA) is 24.5 Å². The number of ether oxygens (including phenoxy) is 1. The Kier molecular flexibility index (Phi) is 5.30. The molecule has 5 heteroatoms. The van der Waals surface area contributed by atoms with Crippen LogP contribution in [0.1, 0.15) is 31.9 Å². The number of morpholine rings is 1. The van der Waals surface area contributed by atoms with Crippen LogP contribution in [-0.4, -0.2) is 43.8 Å². The van der Waals surface area contributed by atoms with E-state index in [4.69, 9.17) is 4.74 Å². The molecule has 1 aromatic rings. The second kappa shape index (κ2) is 6.81. The van der Waals surface area contributed by atoms with Crippen LogP contribution in [0.4, 0.5) is 8.78 Å². The van der Waals surface area contributed by atoms with Gasteiger partial charge in [-0.3, -0.25) is 4.90 Å². The van der Waals surface area contributed by atoms with Crippen molar-refractivity contribution in [3.63, 3.8) is 0 Å². The fourth-order valence-electron chi connectivity index (χ4n) is 2.84. The number of nitrogens with one attached hydrogen (secondary N) is 1. The van der Waals surface area contributed by atoms with Crippen molar-refractivity contribution in [1.29, 1.82) is 0 Å².